The third-order valence-corrected chi connectivity index (χ3v) is 6.28. The number of benzene rings is 1. The van der Waals surface area contributed by atoms with Crippen LogP contribution in [-0.4, -0.2) is 80.6 Å². The van der Waals surface area contributed by atoms with Crippen LogP contribution in [0.4, 0.5) is 5.69 Å². The molecule has 0 aliphatic carbocycles. The van der Waals surface area contributed by atoms with E-state index in [1.165, 1.54) is 11.3 Å². The summed E-state index contributed by atoms with van der Waals surface area (Å²) in [5, 5.41) is 3.43. The van der Waals surface area contributed by atoms with Gasteiger partial charge in [0.1, 0.15) is 0 Å². The van der Waals surface area contributed by atoms with Crippen molar-refractivity contribution in [2.24, 2.45) is 16.6 Å². The quantitative estimate of drug-likeness (QED) is 0.377. The topological polar surface area (TPSA) is 77.2 Å². The van der Waals surface area contributed by atoms with Crippen LogP contribution in [0.5, 0.6) is 0 Å². The Hall–Kier alpha value is -2.28. The molecular weight excluding hydrogens is 388 g/mol. The zero-order valence-corrected chi connectivity index (χ0v) is 19.4. The minimum atomic E-state index is -0.198. The van der Waals surface area contributed by atoms with Crippen molar-refractivity contribution >= 4 is 17.6 Å². The third-order valence-electron chi connectivity index (χ3n) is 6.28. The number of nitrogens with one attached hydrogen (secondary N) is 1. The third kappa shape index (κ3) is 7.42. The molecule has 0 spiro atoms. The van der Waals surface area contributed by atoms with Crippen LogP contribution < -0.4 is 16.0 Å². The Kier molecular flexibility index (Phi) is 9.00. The lowest BCUT2D eigenvalue weighted by Crippen LogP contribution is -2.47. The molecule has 2 saturated heterocycles. The minimum absolute atomic E-state index is 0.198. The molecule has 0 aromatic heterocycles. The normalized spacial score (nSPS) is 20.7. The number of carbonyl (C=O) groups is 1. The zero-order valence-electron chi connectivity index (χ0n) is 19.4. The molecule has 2 aliphatic rings. The summed E-state index contributed by atoms with van der Waals surface area (Å²) in [6.07, 6.45) is 3.71. The molecule has 172 valence electrons. The number of amides is 1. The molecule has 3 N–H and O–H groups in total. The first kappa shape index (κ1) is 23.4. The van der Waals surface area contributed by atoms with E-state index in [2.05, 4.69) is 58.1 Å². The molecule has 1 amide bonds. The molecule has 31 heavy (non-hydrogen) atoms. The van der Waals surface area contributed by atoms with Crippen LogP contribution in [0.3, 0.4) is 0 Å². The summed E-state index contributed by atoms with van der Waals surface area (Å²) in [7, 11) is 0. The molecule has 2 aliphatic heterocycles. The van der Waals surface area contributed by atoms with Crippen LogP contribution in [0.15, 0.2) is 29.3 Å². The molecule has 0 bridgehead atoms. The first-order valence-corrected chi connectivity index (χ1v) is 11.9. The maximum Gasteiger partial charge on any atom is 0.217 e. The van der Waals surface area contributed by atoms with Crippen molar-refractivity contribution in [2.45, 2.75) is 39.5 Å². The molecule has 7 nitrogen and oxygen atoms in total. The van der Waals surface area contributed by atoms with Gasteiger partial charge in [-0.1, -0.05) is 12.1 Å². The summed E-state index contributed by atoms with van der Waals surface area (Å²) in [5.74, 6) is 1.14. The summed E-state index contributed by atoms with van der Waals surface area (Å²) in [5.41, 5.74) is 8.08. The van der Waals surface area contributed by atoms with Crippen molar-refractivity contribution < 1.29 is 4.79 Å². The standard InChI is InChI=1S/C24H40N6O/c1-3-26-24(30-12-5-8-21(19-30)18-23(25)31)27-10-6-11-28-13-15-29(16-14-28)22-9-4-7-20(2)17-22/h4,7,9,17,21H,3,5-6,8,10-16,18-19H2,1-2H3,(H2,25,31)(H,26,27). The van der Waals surface area contributed by atoms with Crippen molar-refractivity contribution in [3.8, 4) is 0 Å². The highest BCUT2D eigenvalue weighted by molar-refractivity contribution is 5.80. The largest absolute Gasteiger partial charge is 0.370 e. The Morgan fingerprint density at radius 1 is 1.23 bits per heavy atom. The van der Waals surface area contributed by atoms with Gasteiger partial charge < -0.3 is 20.9 Å². The number of nitrogens with zero attached hydrogens (tertiary/aromatic N) is 4. The number of anilines is 1. The van der Waals surface area contributed by atoms with Crippen LogP contribution in [0.2, 0.25) is 0 Å². The number of nitrogens with two attached hydrogens (primary N) is 1. The van der Waals surface area contributed by atoms with Gasteiger partial charge in [-0.15, -0.1) is 0 Å². The van der Waals surface area contributed by atoms with Crippen molar-refractivity contribution in [3.05, 3.63) is 29.8 Å². The fourth-order valence-electron chi connectivity index (χ4n) is 4.67. The van der Waals surface area contributed by atoms with Crippen molar-refractivity contribution in [1.82, 2.24) is 15.1 Å². The van der Waals surface area contributed by atoms with E-state index < -0.39 is 0 Å². The number of primary amides is 1. The number of piperidine rings is 1. The first-order chi connectivity index (χ1) is 15.0. The smallest absolute Gasteiger partial charge is 0.217 e. The number of likely N-dealkylation sites (tertiary alicyclic amines) is 1. The average molecular weight is 429 g/mol. The molecule has 1 aromatic rings. The van der Waals surface area contributed by atoms with Gasteiger partial charge in [-0.3, -0.25) is 14.7 Å². The number of guanidine groups is 1. The molecule has 1 atom stereocenters. The van der Waals surface area contributed by atoms with Crippen molar-refractivity contribution in [2.75, 3.05) is 63.8 Å². The van der Waals surface area contributed by atoms with Crippen molar-refractivity contribution in [3.63, 3.8) is 0 Å². The first-order valence-electron chi connectivity index (χ1n) is 11.9. The average Bonchev–Trinajstić information content (AvgIpc) is 2.76. The number of rotatable bonds is 8. The van der Waals surface area contributed by atoms with E-state index in [1.807, 2.05) is 0 Å². The molecule has 1 aromatic carbocycles. The van der Waals surface area contributed by atoms with Gasteiger partial charge in [-0.25, -0.2) is 0 Å². The molecular formula is C24H40N6O. The van der Waals surface area contributed by atoms with E-state index in [1.54, 1.807) is 0 Å². The van der Waals surface area contributed by atoms with Gasteiger partial charge in [0.25, 0.3) is 0 Å². The summed E-state index contributed by atoms with van der Waals surface area (Å²) >= 11 is 0. The van der Waals surface area contributed by atoms with E-state index in [9.17, 15) is 4.79 Å². The summed E-state index contributed by atoms with van der Waals surface area (Å²) in [6.45, 7) is 13.3. The Labute approximate surface area is 187 Å². The van der Waals surface area contributed by atoms with Gasteiger partial charge in [-0.2, -0.15) is 0 Å². The predicted octanol–water partition coefficient (Wildman–Crippen LogP) is 2.06. The van der Waals surface area contributed by atoms with E-state index in [-0.39, 0.29) is 5.91 Å². The number of hydrogen-bond acceptors (Lipinski definition) is 4. The lowest BCUT2D eigenvalue weighted by atomic mass is 9.95. The maximum absolute atomic E-state index is 11.3. The van der Waals surface area contributed by atoms with Gasteiger partial charge in [0.15, 0.2) is 5.96 Å². The Bertz CT molecular complexity index is 729. The lowest BCUT2D eigenvalue weighted by molar-refractivity contribution is -0.119. The molecule has 1 unspecified atom stereocenters. The summed E-state index contributed by atoms with van der Waals surface area (Å²) in [6, 6.07) is 8.80. The van der Waals surface area contributed by atoms with Crippen LogP contribution in [0.1, 0.15) is 38.2 Å². The van der Waals surface area contributed by atoms with Crippen LogP contribution >= 0.6 is 0 Å². The van der Waals surface area contributed by atoms with Crippen molar-refractivity contribution in [1.29, 1.82) is 0 Å². The highest BCUT2D eigenvalue weighted by Gasteiger charge is 2.23. The van der Waals surface area contributed by atoms with Gasteiger partial charge in [0, 0.05) is 71.0 Å². The Morgan fingerprint density at radius 2 is 2.03 bits per heavy atom. The molecule has 2 heterocycles. The molecule has 2 fully saturated rings. The summed E-state index contributed by atoms with van der Waals surface area (Å²) < 4.78 is 0. The summed E-state index contributed by atoms with van der Waals surface area (Å²) in [4.78, 5) is 23.5. The number of hydrogen-bond donors (Lipinski definition) is 2. The monoisotopic (exact) mass is 428 g/mol. The predicted molar refractivity (Wildman–Crippen MR) is 129 cm³/mol. The molecule has 7 heteroatoms. The number of piperazine rings is 1. The van der Waals surface area contributed by atoms with Crippen LogP contribution in [-0.2, 0) is 4.79 Å². The van der Waals surface area contributed by atoms with Gasteiger partial charge in [0.05, 0.1) is 0 Å². The lowest BCUT2D eigenvalue weighted by Gasteiger charge is -2.36. The number of aliphatic imine (C=N–C) groups is 1. The van der Waals surface area contributed by atoms with E-state index in [4.69, 9.17) is 10.7 Å². The van der Waals surface area contributed by atoms with E-state index in [0.717, 1.165) is 84.1 Å². The van der Waals surface area contributed by atoms with Gasteiger partial charge >= 0.3 is 0 Å². The maximum atomic E-state index is 11.3. The Morgan fingerprint density at radius 3 is 2.74 bits per heavy atom. The van der Waals surface area contributed by atoms with Gasteiger partial charge in [0.2, 0.25) is 5.91 Å². The zero-order chi connectivity index (χ0) is 22.1. The van der Waals surface area contributed by atoms with E-state index in [0.29, 0.717) is 12.3 Å². The van der Waals surface area contributed by atoms with Crippen LogP contribution in [0, 0.1) is 12.8 Å². The number of carbonyl (C=O) groups excluding carboxylic acids is 1. The molecule has 0 radical (unpaired) electrons. The second kappa shape index (κ2) is 11.9. The second-order valence-corrected chi connectivity index (χ2v) is 8.88. The SMILES string of the molecule is CCNC(=NCCCN1CCN(c2cccc(C)c2)CC1)N1CCCC(CC(N)=O)C1. The number of aryl methyl sites for hydroxylation is 1. The fraction of sp³-hybridized carbons (Fsp3) is 0.667. The van der Waals surface area contributed by atoms with Gasteiger partial charge in [-0.05, 0) is 56.7 Å². The minimum Gasteiger partial charge on any atom is -0.370 e. The fourth-order valence-corrected chi connectivity index (χ4v) is 4.67. The molecule has 0 saturated carbocycles. The highest BCUT2D eigenvalue weighted by atomic mass is 16.1. The molecule has 3 rings (SSSR count). The highest BCUT2D eigenvalue weighted by Crippen LogP contribution is 2.20. The Balaban J connectivity index is 1.42. The van der Waals surface area contributed by atoms with E-state index >= 15 is 0 Å². The second-order valence-electron chi connectivity index (χ2n) is 8.88. The van der Waals surface area contributed by atoms with Crippen LogP contribution in [0.25, 0.3) is 0 Å².